The van der Waals surface area contributed by atoms with Gasteiger partial charge >= 0.3 is 0 Å². The molecular formula is C25H25N7O. The molecule has 4 heterocycles. The summed E-state index contributed by atoms with van der Waals surface area (Å²) in [5, 5.41) is 10.5. The van der Waals surface area contributed by atoms with Gasteiger partial charge in [0.2, 0.25) is 0 Å². The fourth-order valence-electron chi connectivity index (χ4n) is 4.75. The van der Waals surface area contributed by atoms with Crippen LogP contribution in [0.1, 0.15) is 43.1 Å². The van der Waals surface area contributed by atoms with E-state index in [-0.39, 0.29) is 17.6 Å². The molecule has 33 heavy (non-hydrogen) atoms. The molecule has 1 aliphatic carbocycles. The standard InChI is InChI=1S/C25H25N7O/c1-14-10-26-23-21(14)24(28-13-27-23)30-15(2)20-9-16-5-4-6-19(17-11-29-31(3)12-17)22(16)25(33)32(20)18-7-8-18/h4-6,9-13,15,18H,7-8H2,1-3H3,(H2,26,27,28,30)/t15-/m0/s1. The number of aromatic amines is 1. The molecule has 8 heteroatoms. The molecule has 0 radical (unpaired) electrons. The SMILES string of the molecule is Cc1c[nH]c2ncnc(N[C@@H](C)c3cc4cccc(-c5cnn(C)c5)c4c(=O)n3C3CC3)c12. The summed E-state index contributed by atoms with van der Waals surface area (Å²) in [6.45, 7) is 4.12. The number of nitrogens with one attached hydrogen (secondary N) is 2. The van der Waals surface area contributed by atoms with Gasteiger partial charge in [0.1, 0.15) is 17.8 Å². The molecule has 4 aromatic heterocycles. The zero-order chi connectivity index (χ0) is 22.7. The van der Waals surface area contributed by atoms with Crippen molar-refractivity contribution >= 4 is 27.6 Å². The van der Waals surface area contributed by atoms with Crippen molar-refractivity contribution in [3.8, 4) is 11.1 Å². The van der Waals surface area contributed by atoms with Crippen LogP contribution in [0.25, 0.3) is 32.9 Å². The predicted molar refractivity (Wildman–Crippen MR) is 129 cm³/mol. The Morgan fingerprint density at radius 1 is 1.21 bits per heavy atom. The molecular weight excluding hydrogens is 414 g/mol. The van der Waals surface area contributed by atoms with Crippen molar-refractivity contribution in [3.63, 3.8) is 0 Å². The summed E-state index contributed by atoms with van der Waals surface area (Å²) in [7, 11) is 1.89. The highest BCUT2D eigenvalue weighted by atomic mass is 16.1. The highest BCUT2D eigenvalue weighted by molar-refractivity contribution is 5.96. The van der Waals surface area contributed by atoms with Crippen LogP contribution in [0.2, 0.25) is 0 Å². The van der Waals surface area contributed by atoms with Crippen molar-refractivity contribution in [1.82, 2.24) is 29.3 Å². The van der Waals surface area contributed by atoms with Gasteiger partial charge in [-0.2, -0.15) is 5.10 Å². The second kappa shape index (κ2) is 7.30. The average molecular weight is 440 g/mol. The molecule has 1 atom stereocenters. The lowest BCUT2D eigenvalue weighted by Gasteiger charge is -2.22. The maximum atomic E-state index is 13.9. The largest absolute Gasteiger partial charge is 0.361 e. The van der Waals surface area contributed by atoms with Crippen LogP contribution in [0.3, 0.4) is 0 Å². The van der Waals surface area contributed by atoms with Crippen LogP contribution in [-0.4, -0.2) is 29.3 Å². The number of anilines is 1. The van der Waals surface area contributed by atoms with E-state index in [2.05, 4.69) is 38.4 Å². The minimum atomic E-state index is -0.114. The number of fused-ring (bicyclic) bond motifs is 2. The van der Waals surface area contributed by atoms with E-state index in [1.165, 1.54) is 0 Å². The molecule has 1 saturated carbocycles. The van der Waals surface area contributed by atoms with Crippen LogP contribution >= 0.6 is 0 Å². The van der Waals surface area contributed by atoms with Crippen molar-refractivity contribution in [2.24, 2.45) is 7.05 Å². The Hall–Kier alpha value is -3.94. The van der Waals surface area contributed by atoms with Gasteiger partial charge in [0, 0.05) is 36.7 Å². The predicted octanol–water partition coefficient (Wildman–Crippen LogP) is 4.49. The Labute approximate surface area is 190 Å². The molecule has 5 aromatic rings. The first-order valence-corrected chi connectivity index (χ1v) is 11.2. The number of aryl methyl sites for hydroxylation is 2. The van der Waals surface area contributed by atoms with Gasteiger partial charge in [-0.25, -0.2) is 9.97 Å². The number of H-pyrrole nitrogens is 1. The first-order chi connectivity index (χ1) is 16.0. The van der Waals surface area contributed by atoms with E-state index in [1.54, 1.807) is 11.0 Å². The second-order valence-electron chi connectivity index (χ2n) is 8.93. The van der Waals surface area contributed by atoms with Gasteiger partial charge in [-0.05, 0) is 49.3 Å². The zero-order valence-corrected chi connectivity index (χ0v) is 18.8. The maximum absolute atomic E-state index is 13.9. The minimum absolute atomic E-state index is 0.0590. The van der Waals surface area contributed by atoms with E-state index in [4.69, 9.17) is 0 Å². The van der Waals surface area contributed by atoms with Gasteiger partial charge in [0.15, 0.2) is 0 Å². The minimum Gasteiger partial charge on any atom is -0.361 e. The molecule has 0 aliphatic heterocycles. The highest BCUT2D eigenvalue weighted by Crippen LogP contribution is 2.38. The van der Waals surface area contributed by atoms with E-state index in [0.717, 1.165) is 62.8 Å². The Morgan fingerprint density at radius 2 is 2.06 bits per heavy atom. The number of pyridine rings is 1. The van der Waals surface area contributed by atoms with Gasteiger partial charge < -0.3 is 14.9 Å². The van der Waals surface area contributed by atoms with Crippen molar-refractivity contribution in [1.29, 1.82) is 0 Å². The van der Waals surface area contributed by atoms with Crippen LogP contribution in [0, 0.1) is 6.92 Å². The van der Waals surface area contributed by atoms with Gasteiger partial charge in [0.05, 0.1) is 23.0 Å². The third-order valence-electron chi connectivity index (χ3n) is 6.50. The summed E-state index contributed by atoms with van der Waals surface area (Å²) in [6.07, 6.45) is 9.30. The molecule has 6 rings (SSSR count). The lowest BCUT2D eigenvalue weighted by Crippen LogP contribution is -2.26. The number of aromatic nitrogens is 6. The summed E-state index contributed by atoms with van der Waals surface area (Å²) in [6, 6.07) is 8.30. The number of hydrogen-bond acceptors (Lipinski definition) is 5. The Balaban J connectivity index is 1.51. The number of rotatable bonds is 5. The molecule has 0 saturated heterocycles. The zero-order valence-electron chi connectivity index (χ0n) is 18.8. The summed E-state index contributed by atoms with van der Waals surface area (Å²) in [4.78, 5) is 25.9. The maximum Gasteiger partial charge on any atom is 0.259 e. The molecule has 0 bridgehead atoms. The van der Waals surface area contributed by atoms with Crippen molar-refractivity contribution in [2.45, 2.75) is 38.8 Å². The molecule has 8 nitrogen and oxygen atoms in total. The normalized spacial score (nSPS) is 14.8. The molecule has 1 aromatic carbocycles. The first kappa shape index (κ1) is 19.7. The summed E-state index contributed by atoms with van der Waals surface area (Å²) >= 11 is 0. The second-order valence-corrected chi connectivity index (χ2v) is 8.93. The average Bonchev–Trinajstić information content (AvgIpc) is 3.44. The third-order valence-corrected chi connectivity index (χ3v) is 6.50. The number of nitrogens with zero attached hydrogens (tertiary/aromatic N) is 5. The van der Waals surface area contributed by atoms with E-state index in [9.17, 15) is 4.79 Å². The van der Waals surface area contributed by atoms with Crippen LogP contribution in [0.5, 0.6) is 0 Å². The van der Waals surface area contributed by atoms with Gasteiger partial charge in [0.25, 0.3) is 5.56 Å². The monoisotopic (exact) mass is 439 g/mol. The van der Waals surface area contributed by atoms with E-state index >= 15 is 0 Å². The lowest BCUT2D eigenvalue weighted by atomic mass is 10.00. The third kappa shape index (κ3) is 3.21. The Morgan fingerprint density at radius 3 is 2.82 bits per heavy atom. The van der Waals surface area contributed by atoms with Crippen LogP contribution in [0.4, 0.5) is 5.82 Å². The fraction of sp³-hybridized carbons (Fsp3) is 0.280. The van der Waals surface area contributed by atoms with Crippen LogP contribution < -0.4 is 10.9 Å². The summed E-state index contributed by atoms with van der Waals surface area (Å²) in [5.74, 6) is 0.769. The summed E-state index contributed by atoms with van der Waals surface area (Å²) < 4.78 is 3.75. The molecule has 166 valence electrons. The molecule has 0 spiro atoms. The van der Waals surface area contributed by atoms with Crippen molar-refractivity contribution in [3.05, 3.63) is 70.8 Å². The van der Waals surface area contributed by atoms with Gasteiger partial charge in [-0.15, -0.1) is 0 Å². The molecule has 1 fully saturated rings. The molecule has 0 amide bonds. The number of benzene rings is 1. The Bertz CT molecular complexity index is 1570. The van der Waals surface area contributed by atoms with Crippen molar-refractivity contribution < 1.29 is 0 Å². The quantitative estimate of drug-likeness (QED) is 0.421. The van der Waals surface area contributed by atoms with E-state index in [0.29, 0.717) is 0 Å². The van der Waals surface area contributed by atoms with E-state index in [1.807, 2.05) is 55.3 Å². The lowest BCUT2D eigenvalue weighted by molar-refractivity contribution is 0.636. The smallest absolute Gasteiger partial charge is 0.259 e. The summed E-state index contributed by atoms with van der Waals surface area (Å²) in [5.41, 5.74) is 4.79. The van der Waals surface area contributed by atoms with Gasteiger partial charge in [-0.3, -0.25) is 9.48 Å². The topological polar surface area (TPSA) is 93.4 Å². The van der Waals surface area contributed by atoms with Crippen LogP contribution in [-0.2, 0) is 7.05 Å². The first-order valence-electron chi connectivity index (χ1n) is 11.2. The molecule has 1 aliphatic rings. The number of hydrogen-bond donors (Lipinski definition) is 2. The van der Waals surface area contributed by atoms with Crippen LogP contribution in [0.15, 0.2) is 54.0 Å². The fourth-order valence-corrected chi connectivity index (χ4v) is 4.75. The van der Waals surface area contributed by atoms with Crippen molar-refractivity contribution in [2.75, 3.05) is 5.32 Å². The van der Waals surface area contributed by atoms with E-state index < -0.39 is 0 Å². The molecule has 2 N–H and O–H groups in total. The van der Waals surface area contributed by atoms with Gasteiger partial charge in [-0.1, -0.05) is 18.2 Å². The highest BCUT2D eigenvalue weighted by Gasteiger charge is 2.30. The molecule has 0 unspecified atom stereocenters. The Kier molecular flexibility index (Phi) is 4.36.